The molecule has 1 aliphatic heterocycles. The minimum Gasteiger partial charge on any atom is -0.348 e. The van der Waals surface area contributed by atoms with Crippen molar-refractivity contribution in [3.05, 3.63) is 34.3 Å². The molecule has 4 nitrogen and oxygen atoms in total. The number of benzene rings is 1. The van der Waals surface area contributed by atoms with Gasteiger partial charge in [-0.2, -0.15) is 0 Å². The molecule has 1 fully saturated rings. The van der Waals surface area contributed by atoms with Crippen LogP contribution in [0.5, 0.6) is 0 Å². The molecule has 1 heterocycles. The average molecular weight is 353 g/mol. The summed E-state index contributed by atoms with van der Waals surface area (Å²) in [6, 6.07) is 7.77. The Morgan fingerprint density at radius 1 is 1.43 bits per heavy atom. The van der Waals surface area contributed by atoms with Crippen LogP contribution in [-0.4, -0.2) is 36.2 Å². The van der Waals surface area contributed by atoms with E-state index in [4.69, 9.17) is 0 Å². The standard InChI is InChI=1S/C16H21BrN2O2/c1-12(13-5-7-14(17)8-6-13)18-16(21)10-19-9-3-2-4-15(19)11-20/h5-8,11-12,15H,2-4,9-10H2,1H3,(H,18,21). The predicted octanol–water partition coefficient (Wildman–Crippen LogP) is 2.68. The number of amides is 1. The summed E-state index contributed by atoms with van der Waals surface area (Å²) in [6.07, 6.45) is 3.94. The van der Waals surface area contributed by atoms with Gasteiger partial charge >= 0.3 is 0 Å². The molecular weight excluding hydrogens is 332 g/mol. The van der Waals surface area contributed by atoms with Gasteiger partial charge in [0.25, 0.3) is 0 Å². The van der Waals surface area contributed by atoms with Gasteiger partial charge in [-0.25, -0.2) is 0 Å². The minimum atomic E-state index is -0.104. The Hall–Kier alpha value is -1.20. The molecule has 2 unspecified atom stereocenters. The van der Waals surface area contributed by atoms with E-state index in [0.717, 1.165) is 42.1 Å². The average Bonchev–Trinajstić information content (AvgIpc) is 2.48. The van der Waals surface area contributed by atoms with Crippen molar-refractivity contribution in [3.63, 3.8) is 0 Å². The van der Waals surface area contributed by atoms with Gasteiger partial charge in [0, 0.05) is 4.47 Å². The first-order valence-corrected chi connectivity index (χ1v) is 8.13. The number of nitrogens with one attached hydrogen (secondary N) is 1. The van der Waals surface area contributed by atoms with E-state index in [0.29, 0.717) is 6.54 Å². The lowest BCUT2D eigenvalue weighted by atomic mass is 10.0. The van der Waals surface area contributed by atoms with E-state index >= 15 is 0 Å². The highest BCUT2D eigenvalue weighted by atomic mass is 79.9. The van der Waals surface area contributed by atoms with Crippen molar-refractivity contribution >= 4 is 28.1 Å². The lowest BCUT2D eigenvalue weighted by molar-refractivity contribution is -0.125. The van der Waals surface area contributed by atoms with Crippen LogP contribution in [0.25, 0.3) is 0 Å². The third kappa shape index (κ3) is 4.64. The van der Waals surface area contributed by atoms with Crippen molar-refractivity contribution in [3.8, 4) is 0 Å². The van der Waals surface area contributed by atoms with Crippen molar-refractivity contribution in [1.29, 1.82) is 0 Å². The highest BCUT2D eigenvalue weighted by Crippen LogP contribution is 2.17. The maximum atomic E-state index is 12.1. The van der Waals surface area contributed by atoms with Crippen LogP contribution >= 0.6 is 15.9 Å². The molecule has 0 bridgehead atoms. The molecule has 114 valence electrons. The molecule has 2 atom stereocenters. The van der Waals surface area contributed by atoms with Crippen LogP contribution in [0.3, 0.4) is 0 Å². The van der Waals surface area contributed by atoms with Crippen molar-refractivity contribution in [1.82, 2.24) is 10.2 Å². The second-order valence-corrected chi connectivity index (χ2v) is 6.43. The third-order valence-corrected chi connectivity index (χ3v) is 4.44. The molecule has 1 saturated heterocycles. The summed E-state index contributed by atoms with van der Waals surface area (Å²) in [6.45, 7) is 3.09. The summed E-state index contributed by atoms with van der Waals surface area (Å²) in [5, 5.41) is 3.00. The fourth-order valence-electron chi connectivity index (χ4n) is 2.67. The first kappa shape index (κ1) is 16.2. The smallest absolute Gasteiger partial charge is 0.234 e. The number of nitrogens with zero attached hydrogens (tertiary/aromatic N) is 1. The number of rotatable bonds is 5. The second-order valence-electron chi connectivity index (χ2n) is 5.51. The zero-order chi connectivity index (χ0) is 15.2. The Balaban J connectivity index is 1.88. The highest BCUT2D eigenvalue weighted by molar-refractivity contribution is 9.10. The maximum absolute atomic E-state index is 12.1. The van der Waals surface area contributed by atoms with Crippen molar-refractivity contribution < 1.29 is 9.59 Å². The largest absolute Gasteiger partial charge is 0.348 e. The van der Waals surface area contributed by atoms with Gasteiger partial charge in [0.2, 0.25) is 5.91 Å². The lowest BCUT2D eigenvalue weighted by Crippen LogP contribution is -2.46. The summed E-state index contributed by atoms with van der Waals surface area (Å²) < 4.78 is 1.02. The SMILES string of the molecule is CC(NC(=O)CN1CCCCC1C=O)c1ccc(Br)cc1. The Morgan fingerprint density at radius 3 is 2.81 bits per heavy atom. The first-order chi connectivity index (χ1) is 10.1. The fraction of sp³-hybridized carbons (Fsp3) is 0.500. The van der Waals surface area contributed by atoms with E-state index in [2.05, 4.69) is 21.2 Å². The number of hydrogen-bond acceptors (Lipinski definition) is 3. The molecule has 1 N–H and O–H groups in total. The number of piperidine rings is 1. The van der Waals surface area contributed by atoms with E-state index in [9.17, 15) is 9.59 Å². The lowest BCUT2D eigenvalue weighted by Gasteiger charge is -2.31. The van der Waals surface area contributed by atoms with Crippen LogP contribution in [-0.2, 0) is 9.59 Å². The van der Waals surface area contributed by atoms with Crippen LogP contribution < -0.4 is 5.32 Å². The van der Waals surface area contributed by atoms with E-state index in [1.165, 1.54) is 0 Å². The quantitative estimate of drug-likeness (QED) is 0.828. The van der Waals surface area contributed by atoms with Gasteiger partial charge < -0.3 is 10.1 Å². The van der Waals surface area contributed by atoms with Crippen LogP contribution in [0.15, 0.2) is 28.7 Å². The molecule has 1 aromatic rings. The van der Waals surface area contributed by atoms with Crippen molar-refractivity contribution in [2.24, 2.45) is 0 Å². The first-order valence-electron chi connectivity index (χ1n) is 7.34. The summed E-state index contributed by atoms with van der Waals surface area (Å²) in [4.78, 5) is 25.2. The zero-order valence-electron chi connectivity index (χ0n) is 12.2. The molecule has 1 aliphatic rings. The molecule has 2 rings (SSSR count). The van der Waals surface area contributed by atoms with E-state index < -0.39 is 0 Å². The zero-order valence-corrected chi connectivity index (χ0v) is 13.8. The monoisotopic (exact) mass is 352 g/mol. The van der Waals surface area contributed by atoms with Gasteiger partial charge in [-0.15, -0.1) is 0 Å². The van der Waals surface area contributed by atoms with Gasteiger partial charge in [-0.05, 0) is 44.0 Å². The van der Waals surface area contributed by atoms with Crippen LogP contribution in [0.1, 0.15) is 37.8 Å². The molecule has 1 aromatic carbocycles. The summed E-state index contributed by atoms with van der Waals surface area (Å²) in [5.41, 5.74) is 1.07. The molecule has 21 heavy (non-hydrogen) atoms. The van der Waals surface area contributed by atoms with Gasteiger partial charge in [-0.1, -0.05) is 34.5 Å². The molecule has 0 aromatic heterocycles. The van der Waals surface area contributed by atoms with Crippen molar-refractivity contribution in [2.75, 3.05) is 13.1 Å². The number of aldehydes is 1. The Labute approximate surface area is 134 Å². The van der Waals surface area contributed by atoms with E-state index in [1.54, 1.807) is 0 Å². The Morgan fingerprint density at radius 2 is 2.14 bits per heavy atom. The topological polar surface area (TPSA) is 49.4 Å². The summed E-state index contributed by atoms with van der Waals surface area (Å²) in [5.74, 6) is -0.0285. The maximum Gasteiger partial charge on any atom is 0.234 e. The van der Waals surface area contributed by atoms with Crippen molar-refractivity contribution in [2.45, 2.75) is 38.3 Å². The van der Waals surface area contributed by atoms with E-state index in [-0.39, 0.29) is 18.0 Å². The highest BCUT2D eigenvalue weighted by Gasteiger charge is 2.24. The Bertz CT molecular complexity index is 490. The normalized spacial score (nSPS) is 20.8. The van der Waals surface area contributed by atoms with Crippen LogP contribution in [0.2, 0.25) is 0 Å². The summed E-state index contributed by atoms with van der Waals surface area (Å²) in [7, 11) is 0. The fourth-order valence-corrected chi connectivity index (χ4v) is 2.94. The second kappa shape index (κ2) is 7.71. The molecular formula is C16H21BrN2O2. The van der Waals surface area contributed by atoms with Crippen LogP contribution in [0.4, 0.5) is 0 Å². The van der Waals surface area contributed by atoms with E-state index in [1.807, 2.05) is 36.1 Å². The number of carbonyl (C=O) groups excluding carboxylic acids is 2. The summed E-state index contributed by atoms with van der Waals surface area (Å²) >= 11 is 3.40. The van der Waals surface area contributed by atoms with Gasteiger partial charge in [0.1, 0.15) is 6.29 Å². The third-order valence-electron chi connectivity index (χ3n) is 3.92. The van der Waals surface area contributed by atoms with Gasteiger partial charge in [0.15, 0.2) is 0 Å². The molecule has 0 aliphatic carbocycles. The Kier molecular flexibility index (Phi) is 5.94. The molecule has 0 spiro atoms. The molecule has 0 radical (unpaired) electrons. The minimum absolute atomic E-state index is 0.0285. The van der Waals surface area contributed by atoms with Crippen LogP contribution in [0, 0.1) is 0 Å². The number of carbonyl (C=O) groups is 2. The molecule has 5 heteroatoms. The number of hydrogen-bond donors (Lipinski definition) is 1. The predicted molar refractivity (Wildman–Crippen MR) is 86.0 cm³/mol. The molecule has 1 amide bonds. The van der Waals surface area contributed by atoms with Gasteiger partial charge in [0.05, 0.1) is 18.6 Å². The molecule has 0 saturated carbocycles. The number of halogens is 1. The van der Waals surface area contributed by atoms with Gasteiger partial charge in [-0.3, -0.25) is 9.69 Å². The number of likely N-dealkylation sites (tertiary alicyclic amines) is 1.